The summed E-state index contributed by atoms with van der Waals surface area (Å²) >= 11 is 0. The Hall–Kier alpha value is -0.800. The van der Waals surface area contributed by atoms with Crippen LogP contribution in [0.1, 0.15) is 27.2 Å². The van der Waals surface area contributed by atoms with Crippen LogP contribution in [0.5, 0.6) is 0 Å². The molecule has 12 heavy (non-hydrogen) atoms. The number of hydrogen-bond donors (Lipinski definition) is 0. The van der Waals surface area contributed by atoms with Gasteiger partial charge in [-0.3, -0.25) is 4.99 Å². The maximum Gasteiger partial charge on any atom is 0.429 e. The maximum absolute atomic E-state index is 12.0. The topological polar surface area (TPSA) is 12.4 Å². The molecular formula is C8H12F3N. The van der Waals surface area contributed by atoms with Crippen molar-refractivity contribution in [2.75, 3.05) is 0 Å². The predicted molar refractivity (Wildman–Crippen MR) is 43.2 cm³/mol. The Morgan fingerprint density at radius 3 is 2.08 bits per heavy atom. The Bertz CT molecular complexity index is 197. The van der Waals surface area contributed by atoms with Crippen LogP contribution in [0.4, 0.5) is 13.2 Å². The number of rotatable bonds is 2. The van der Waals surface area contributed by atoms with Crippen LogP contribution >= 0.6 is 0 Å². The van der Waals surface area contributed by atoms with Gasteiger partial charge in [-0.1, -0.05) is 12.5 Å². The van der Waals surface area contributed by atoms with Gasteiger partial charge in [0, 0.05) is 6.20 Å². The van der Waals surface area contributed by atoms with E-state index in [1.165, 1.54) is 13.1 Å². The summed E-state index contributed by atoms with van der Waals surface area (Å²) < 4.78 is 36.0. The number of halogens is 3. The van der Waals surface area contributed by atoms with Crippen LogP contribution in [-0.4, -0.2) is 11.9 Å². The second-order valence-corrected chi connectivity index (χ2v) is 2.63. The Morgan fingerprint density at radius 2 is 1.83 bits per heavy atom. The van der Waals surface area contributed by atoms with Gasteiger partial charge >= 0.3 is 6.18 Å². The molecule has 0 unspecified atom stereocenters. The van der Waals surface area contributed by atoms with Gasteiger partial charge in [0.25, 0.3) is 0 Å². The molecular weight excluding hydrogens is 167 g/mol. The van der Waals surface area contributed by atoms with Gasteiger partial charge in [-0.25, -0.2) is 0 Å². The van der Waals surface area contributed by atoms with Crippen LogP contribution in [0.15, 0.2) is 16.8 Å². The van der Waals surface area contributed by atoms with E-state index in [0.717, 1.165) is 5.57 Å². The van der Waals surface area contributed by atoms with Gasteiger partial charge in [0.05, 0.1) is 0 Å². The Kier molecular flexibility index (Phi) is 4.00. The SMILES string of the molecule is CCC(=NC=C(C)C)C(F)(F)F. The van der Waals surface area contributed by atoms with Crippen molar-refractivity contribution < 1.29 is 13.2 Å². The highest BCUT2D eigenvalue weighted by Crippen LogP contribution is 2.19. The van der Waals surface area contributed by atoms with Gasteiger partial charge < -0.3 is 0 Å². The largest absolute Gasteiger partial charge is 0.429 e. The van der Waals surface area contributed by atoms with Crippen molar-refractivity contribution in [3.8, 4) is 0 Å². The summed E-state index contributed by atoms with van der Waals surface area (Å²) in [4.78, 5) is 3.34. The number of alkyl halides is 3. The third-order valence-corrected chi connectivity index (χ3v) is 1.14. The molecule has 0 N–H and O–H groups in total. The Balaban J connectivity index is 4.57. The zero-order valence-corrected chi connectivity index (χ0v) is 7.37. The number of hydrogen-bond acceptors (Lipinski definition) is 1. The molecule has 0 saturated heterocycles. The van der Waals surface area contributed by atoms with Crippen LogP contribution in [0, 0.1) is 0 Å². The zero-order valence-electron chi connectivity index (χ0n) is 7.37. The van der Waals surface area contributed by atoms with Crippen molar-refractivity contribution in [2.45, 2.75) is 33.4 Å². The normalized spacial score (nSPS) is 13.0. The molecule has 0 amide bonds. The fraction of sp³-hybridized carbons (Fsp3) is 0.625. The molecule has 4 heteroatoms. The van der Waals surface area contributed by atoms with Gasteiger partial charge in [-0.05, 0) is 20.3 Å². The minimum absolute atomic E-state index is 0.0900. The lowest BCUT2D eigenvalue weighted by molar-refractivity contribution is -0.0602. The third-order valence-electron chi connectivity index (χ3n) is 1.14. The lowest BCUT2D eigenvalue weighted by Crippen LogP contribution is -2.21. The second kappa shape index (κ2) is 4.28. The molecule has 0 saturated carbocycles. The van der Waals surface area contributed by atoms with Crippen LogP contribution in [-0.2, 0) is 0 Å². The average Bonchev–Trinajstić information content (AvgIpc) is 1.85. The van der Waals surface area contributed by atoms with Gasteiger partial charge in [0.2, 0.25) is 0 Å². The van der Waals surface area contributed by atoms with E-state index in [-0.39, 0.29) is 6.42 Å². The first-order valence-corrected chi connectivity index (χ1v) is 3.65. The summed E-state index contributed by atoms with van der Waals surface area (Å²) in [5.41, 5.74) is 0.0221. The maximum atomic E-state index is 12.0. The fourth-order valence-corrected chi connectivity index (χ4v) is 0.572. The molecule has 0 spiro atoms. The van der Waals surface area contributed by atoms with Crippen LogP contribution in [0.3, 0.4) is 0 Å². The first kappa shape index (κ1) is 11.2. The summed E-state index contributed by atoms with van der Waals surface area (Å²) in [7, 11) is 0. The van der Waals surface area contributed by atoms with Crippen molar-refractivity contribution in [1.82, 2.24) is 0 Å². The van der Waals surface area contributed by atoms with E-state index < -0.39 is 11.9 Å². The molecule has 0 bridgehead atoms. The number of allylic oxidation sites excluding steroid dienone is 1. The molecule has 0 aliphatic heterocycles. The van der Waals surface area contributed by atoms with Crippen LogP contribution in [0.25, 0.3) is 0 Å². The van der Waals surface area contributed by atoms with Crippen molar-refractivity contribution >= 4 is 5.71 Å². The van der Waals surface area contributed by atoms with Crippen molar-refractivity contribution in [1.29, 1.82) is 0 Å². The van der Waals surface area contributed by atoms with E-state index in [2.05, 4.69) is 4.99 Å². The summed E-state index contributed by atoms with van der Waals surface area (Å²) in [5, 5.41) is 0. The third kappa shape index (κ3) is 4.16. The van der Waals surface area contributed by atoms with Crippen molar-refractivity contribution in [3.05, 3.63) is 11.8 Å². The first-order valence-electron chi connectivity index (χ1n) is 3.65. The zero-order chi connectivity index (χ0) is 9.78. The van der Waals surface area contributed by atoms with E-state index in [1.54, 1.807) is 13.8 Å². The minimum atomic E-state index is -4.29. The summed E-state index contributed by atoms with van der Waals surface area (Å²) in [6, 6.07) is 0. The van der Waals surface area contributed by atoms with Gasteiger partial charge in [0.15, 0.2) is 0 Å². The second-order valence-electron chi connectivity index (χ2n) is 2.63. The Labute approximate surface area is 70.0 Å². The molecule has 0 atom stereocenters. The van der Waals surface area contributed by atoms with Crippen molar-refractivity contribution in [3.63, 3.8) is 0 Å². The smallest absolute Gasteiger partial charge is 0.256 e. The average molecular weight is 179 g/mol. The minimum Gasteiger partial charge on any atom is -0.256 e. The van der Waals surface area contributed by atoms with E-state index in [4.69, 9.17) is 0 Å². The number of nitrogens with zero attached hydrogens (tertiary/aromatic N) is 1. The molecule has 0 aliphatic rings. The van der Waals surface area contributed by atoms with Crippen molar-refractivity contribution in [2.24, 2.45) is 4.99 Å². The van der Waals surface area contributed by atoms with Gasteiger partial charge in [-0.15, -0.1) is 0 Å². The molecule has 0 aromatic heterocycles. The van der Waals surface area contributed by atoms with E-state index in [1.807, 2.05) is 0 Å². The molecule has 0 aromatic carbocycles. The highest BCUT2D eigenvalue weighted by atomic mass is 19.4. The standard InChI is InChI=1S/C8H12F3N/c1-4-7(8(9,10)11)12-5-6(2)3/h5H,4H2,1-3H3. The molecule has 0 radical (unpaired) electrons. The Morgan fingerprint density at radius 1 is 1.33 bits per heavy atom. The quantitative estimate of drug-likeness (QED) is 0.576. The highest BCUT2D eigenvalue weighted by Gasteiger charge is 2.33. The van der Waals surface area contributed by atoms with Gasteiger partial charge in [-0.2, -0.15) is 13.2 Å². The summed E-state index contributed by atoms with van der Waals surface area (Å²) in [6.07, 6.45) is -3.15. The fourth-order valence-electron chi connectivity index (χ4n) is 0.572. The first-order chi connectivity index (χ1) is 5.38. The number of aliphatic imine (C=N–C) groups is 1. The predicted octanol–water partition coefficient (Wildman–Crippen LogP) is 3.32. The van der Waals surface area contributed by atoms with Crippen LogP contribution in [0.2, 0.25) is 0 Å². The van der Waals surface area contributed by atoms with E-state index in [9.17, 15) is 13.2 Å². The summed E-state index contributed by atoms with van der Waals surface area (Å²) in [5.74, 6) is 0. The van der Waals surface area contributed by atoms with Crippen LogP contribution < -0.4 is 0 Å². The monoisotopic (exact) mass is 179 g/mol. The van der Waals surface area contributed by atoms with Gasteiger partial charge in [0.1, 0.15) is 5.71 Å². The van der Waals surface area contributed by atoms with E-state index >= 15 is 0 Å². The lowest BCUT2D eigenvalue weighted by atomic mass is 10.3. The molecule has 0 fully saturated rings. The molecule has 0 rings (SSSR count). The molecule has 0 aromatic rings. The molecule has 0 heterocycles. The lowest BCUT2D eigenvalue weighted by Gasteiger charge is -2.06. The molecule has 0 aliphatic carbocycles. The van der Waals surface area contributed by atoms with E-state index in [0.29, 0.717) is 0 Å². The molecule has 70 valence electrons. The molecule has 1 nitrogen and oxygen atoms in total. The summed E-state index contributed by atoms with van der Waals surface area (Å²) in [6.45, 7) is 4.84. The highest BCUT2D eigenvalue weighted by molar-refractivity contribution is 5.89.